The van der Waals surface area contributed by atoms with Crippen molar-refractivity contribution in [3.8, 4) is 17.2 Å². The van der Waals surface area contributed by atoms with Crippen molar-refractivity contribution in [1.82, 2.24) is 0 Å². The zero-order valence-electron chi connectivity index (χ0n) is 14.1. The highest BCUT2D eigenvalue weighted by Gasteiger charge is 2.30. The molecule has 0 radical (unpaired) electrons. The summed E-state index contributed by atoms with van der Waals surface area (Å²) >= 11 is 2.00. The standard InChI is InChI=1S/C19H15IO6/c1-10(21)24-13-5-3-12(4-6-13)17-9-15(23)14-7-8-16(25-11(2)22)18(20)19(14)26-17/h3-8,17H,9H2,1-2H3. The quantitative estimate of drug-likeness (QED) is 0.389. The first-order valence-electron chi connectivity index (χ1n) is 7.84. The molecule has 0 aliphatic carbocycles. The lowest BCUT2D eigenvalue weighted by atomic mass is 9.96. The van der Waals surface area contributed by atoms with Crippen molar-refractivity contribution in [2.75, 3.05) is 0 Å². The molecule has 1 heterocycles. The summed E-state index contributed by atoms with van der Waals surface area (Å²) in [7, 11) is 0. The molecule has 26 heavy (non-hydrogen) atoms. The fraction of sp³-hybridized carbons (Fsp3) is 0.211. The van der Waals surface area contributed by atoms with Gasteiger partial charge in [0.25, 0.3) is 0 Å². The van der Waals surface area contributed by atoms with Crippen LogP contribution in [0.25, 0.3) is 0 Å². The number of fused-ring (bicyclic) bond motifs is 1. The molecule has 0 saturated carbocycles. The SMILES string of the molecule is CC(=O)Oc1ccc(C2CC(=O)c3ccc(OC(C)=O)c(I)c3O2)cc1. The van der Waals surface area contributed by atoms with Crippen LogP contribution in [0.3, 0.4) is 0 Å². The number of esters is 2. The molecule has 0 bridgehead atoms. The molecule has 2 aromatic rings. The van der Waals surface area contributed by atoms with E-state index in [2.05, 4.69) is 0 Å². The Hall–Kier alpha value is -2.42. The highest BCUT2D eigenvalue weighted by atomic mass is 127. The number of hydrogen-bond acceptors (Lipinski definition) is 6. The van der Waals surface area contributed by atoms with Gasteiger partial charge in [-0.05, 0) is 52.4 Å². The molecule has 0 amide bonds. The Morgan fingerprint density at radius 1 is 1.04 bits per heavy atom. The van der Waals surface area contributed by atoms with Gasteiger partial charge in [-0.15, -0.1) is 0 Å². The second kappa shape index (κ2) is 7.45. The number of ketones is 1. The van der Waals surface area contributed by atoms with E-state index >= 15 is 0 Å². The zero-order valence-corrected chi connectivity index (χ0v) is 16.2. The molecule has 1 aliphatic rings. The molecule has 0 saturated heterocycles. The molecule has 1 unspecified atom stereocenters. The van der Waals surface area contributed by atoms with Gasteiger partial charge in [0.1, 0.15) is 23.4 Å². The van der Waals surface area contributed by atoms with E-state index in [0.717, 1.165) is 5.56 Å². The Balaban J connectivity index is 1.89. The Morgan fingerprint density at radius 3 is 2.31 bits per heavy atom. The normalized spacial score (nSPS) is 15.7. The molecule has 0 fully saturated rings. The lowest BCUT2D eigenvalue weighted by Gasteiger charge is -2.27. The monoisotopic (exact) mass is 466 g/mol. The predicted molar refractivity (Wildman–Crippen MR) is 101 cm³/mol. The van der Waals surface area contributed by atoms with Gasteiger partial charge in [0.15, 0.2) is 5.78 Å². The first-order valence-corrected chi connectivity index (χ1v) is 8.92. The summed E-state index contributed by atoms with van der Waals surface area (Å²) in [6.45, 7) is 2.64. The van der Waals surface area contributed by atoms with Gasteiger partial charge in [-0.25, -0.2) is 0 Å². The van der Waals surface area contributed by atoms with Crippen LogP contribution >= 0.6 is 22.6 Å². The van der Waals surface area contributed by atoms with Gasteiger partial charge < -0.3 is 14.2 Å². The van der Waals surface area contributed by atoms with Gasteiger partial charge in [-0.1, -0.05) is 12.1 Å². The van der Waals surface area contributed by atoms with E-state index in [1.54, 1.807) is 36.4 Å². The number of rotatable bonds is 3. The maximum Gasteiger partial charge on any atom is 0.308 e. The van der Waals surface area contributed by atoms with Crippen LogP contribution < -0.4 is 14.2 Å². The summed E-state index contributed by atoms with van der Waals surface area (Å²) in [6, 6.07) is 10.0. The smallest absolute Gasteiger partial charge is 0.308 e. The van der Waals surface area contributed by atoms with Crippen LogP contribution in [0.1, 0.15) is 42.3 Å². The van der Waals surface area contributed by atoms with Crippen molar-refractivity contribution < 1.29 is 28.6 Å². The van der Waals surface area contributed by atoms with E-state index in [1.807, 2.05) is 22.6 Å². The van der Waals surface area contributed by atoms with Gasteiger partial charge >= 0.3 is 11.9 Å². The van der Waals surface area contributed by atoms with Gasteiger partial charge in [0.2, 0.25) is 0 Å². The number of hydrogen-bond donors (Lipinski definition) is 0. The minimum absolute atomic E-state index is 0.0485. The Bertz CT molecular complexity index is 888. The van der Waals surface area contributed by atoms with Crippen molar-refractivity contribution >= 4 is 40.3 Å². The minimum Gasteiger partial charge on any atom is -0.483 e. The second-order valence-electron chi connectivity index (χ2n) is 5.74. The van der Waals surface area contributed by atoms with Gasteiger partial charge in [0, 0.05) is 13.8 Å². The molecule has 1 atom stereocenters. The number of ether oxygens (including phenoxy) is 3. The van der Waals surface area contributed by atoms with Crippen molar-refractivity contribution in [2.45, 2.75) is 26.4 Å². The van der Waals surface area contributed by atoms with E-state index in [-0.39, 0.29) is 12.2 Å². The molecule has 0 spiro atoms. The highest BCUT2D eigenvalue weighted by molar-refractivity contribution is 14.1. The van der Waals surface area contributed by atoms with Crippen LogP contribution in [0.5, 0.6) is 17.2 Å². The maximum absolute atomic E-state index is 12.5. The zero-order chi connectivity index (χ0) is 18.8. The molecular weight excluding hydrogens is 451 g/mol. The first-order chi connectivity index (χ1) is 12.3. The van der Waals surface area contributed by atoms with Crippen molar-refractivity contribution in [3.05, 3.63) is 51.1 Å². The molecule has 0 aromatic heterocycles. The van der Waals surface area contributed by atoms with Crippen molar-refractivity contribution in [2.24, 2.45) is 0 Å². The van der Waals surface area contributed by atoms with Crippen molar-refractivity contribution in [3.63, 3.8) is 0 Å². The summed E-state index contributed by atoms with van der Waals surface area (Å²) in [5.74, 6) is 0.305. The lowest BCUT2D eigenvalue weighted by Crippen LogP contribution is -2.21. The molecule has 3 rings (SSSR count). The fourth-order valence-electron chi connectivity index (χ4n) is 2.67. The molecule has 0 N–H and O–H groups in total. The largest absolute Gasteiger partial charge is 0.483 e. The van der Waals surface area contributed by atoms with Crippen LogP contribution in [-0.2, 0) is 9.59 Å². The molecule has 7 heteroatoms. The topological polar surface area (TPSA) is 78.9 Å². The fourth-order valence-corrected chi connectivity index (χ4v) is 3.38. The van der Waals surface area contributed by atoms with Crippen LogP contribution in [0.2, 0.25) is 0 Å². The summed E-state index contributed by atoms with van der Waals surface area (Å²) < 4.78 is 16.8. The minimum atomic E-state index is -0.470. The molecule has 6 nitrogen and oxygen atoms in total. The summed E-state index contributed by atoms with van der Waals surface area (Å²) in [5.41, 5.74) is 1.26. The first kappa shape index (κ1) is 18.4. The average Bonchev–Trinajstić information content (AvgIpc) is 2.57. The third-order valence-corrected chi connectivity index (χ3v) is 4.78. The Kier molecular flexibility index (Phi) is 5.26. The highest BCUT2D eigenvalue weighted by Crippen LogP contribution is 2.41. The second-order valence-corrected chi connectivity index (χ2v) is 6.82. The van der Waals surface area contributed by atoms with Crippen LogP contribution in [0, 0.1) is 3.57 Å². The average molecular weight is 466 g/mol. The molecule has 134 valence electrons. The van der Waals surface area contributed by atoms with Crippen LogP contribution in [-0.4, -0.2) is 17.7 Å². The summed E-state index contributed by atoms with van der Waals surface area (Å²) in [4.78, 5) is 34.7. The van der Waals surface area contributed by atoms with Gasteiger partial charge in [-0.3, -0.25) is 14.4 Å². The number of halogens is 1. The molecular formula is C19H15IO6. The third kappa shape index (κ3) is 3.87. The Labute approximate surface area is 163 Å². The summed E-state index contributed by atoms with van der Waals surface area (Å²) in [5, 5.41) is 0. The third-order valence-electron chi connectivity index (χ3n) is 3.76. The number of benzene rings is 2. The summed E-state index contributed by atoms with van der Waals surface area (Å²) in [6.07, 6.45) is -0.273. The van der Waals surface area contributed by atoms with E-state index < -0.39 is 18.0 Å². The van der Waals surface area contributed by atoms with Gasteiger partial charge in [-0.2, -0.15) is 0 Å². The van der Waals surface area contributed by atoms with Crippen molar-refractivity contribution in [1.29, 1.82) is 0 Å². The van der Waals surface area contributed by atoms with Crippen LogP contribution in [0.15, 0.2) is 36.4 Å². The maximum atomic E-state index is 12.5. The molecule has 2 aromatic carbocycles. The van der Waals surface area contributed by atoms with E-state index in [4.69, 9.17) is 14.2 Å². The predicted octanol–water partition coefficient (Wildman–Crippen LogP) is 3.85. The Morgan fingerprint density at radius 2 is 1.69 bits per heavy atom. The van der Waals surface area contributed by atoms with Gasteiger partial charge in [0.05, 0.1) is 15.6 Å². The van der Waals surface area contributed by atoms with Crippen LogP contribution in [0.4, 0.5) is 0 Å². The number of carbonyl (C=O) groups excluding carboxylic acids is 3. The number of Topliss-reactive ketones (excluding diaryl/α,β-unsaturated/α-hetero) is 1. The lowest BCUT2D eigenvalue weighted by molar-refractivity contribution is -0.132. The van der Waals surface area contributed by atoms with E-state index in [0.29, 0.717) is 26.4 Å². The van der Waals surface area contributed by atoms with E-state index in [1.165, 1.54) is 13.8 Å². The molecule has 1 aliphatic heterocycles. The van der Waals surface area contributed by atoms with E-state index in [9.17, 15) is 14.4 Å². The number of carbonyl (C=O) groups is 3.